The highest BCUT2D eigenvalue weighted by atomic mass is 32.2. The highest BCUT2D eigenvalue weighted by molar-refractivity contribution is 7.90. The van der Waals surface area contributed by atoms with Gasteiger partial charge in [-0.15, -0.1) is 0 Å². The van der Waals surface area contributed by atoms with Gasteiger partial charge in [0.1, 0.15) is 0 Å². The molecule has 0 spiro atoms. The summed E-state index contributed by atoms with van der Waals surface area (Å²) in [7, 11) is -3.18. The molecule has 1 amide bonds. The van der Waals surface area contributed by atoms with Crippen molar-refractivity contribution in [3.63, 3.8) is 0 Å². The lowest BCUT2D eigenvalue weighted by Gasteiger charge is -2.37. The third-order valence-electron chi connectivity index (χ3n) is 3.66. The topological polar surface area (TPSA) is 80.5 Å². The molecule has 1 heterocycles. The number of carbonyl (C=O) groups excluding carboxylic acids is 1. The number of carbonyl (C=O) groups is 1. The zero-order valence-electron chi connectivity index (χ0n) is 11.6. The number of sulfone groups is 1. The van der Waals surface area contributed by atoms with Gasteiger partial charge in [-0.3, -0.25) is 4.79 Å². The lowest BCUT2D eigenvalue weighted by Crippen LogP contribution is -2.42. The highest BCUT2D eigenvalue weighted by Gasteiger charge is 2.24. The van der Waals surface area contributed by atoms with Crippen molar-refractivity contribution < 1.29 is 13.2 Å². The molecule has 1 saturated heterocycles. The minimum Gasteiger partial charge on any atom is -0.370 e. The number of nitrogens with zero attached hydrogens (tertiary/aromatic N) is 1. The van der Waals surface area contributed by atoms with Crippen molar-refractivity contribution in [2.45, 2.75) is 36.6 Å². The van der Waals surface area contributed by atoms with Crippen LogP contribution >= 0.6 is 0 Å². The van der Waals surface area contributed by atoms with Crippen LogP contribution in [0.3, 0.4) is 0 Å². The first kappa shape index (κ1) is 14.8. The van der Waals surface area contributed by atoms with Gasteiger partial charge in [0.25, 0.3) is 0 Å². The van der Waals surface area contributed by atoms with Crippen LogP contribution in [0, 0.1) is 0 Å². The molecule has 1 aromatic carbocycles. The Morgan fingerprint density at radius 3 is 2.50 bits per heavy atom. The van der Waals surface area contributed by atoms with E-state index < -0.39 is 9.84 Å². The van der Waals surface area contributed by atoms with E-state index in [1.807, 2.05) is 0 Å². The average molecular weight is 296 g/mol. The van der Waals surface area contributed by atoms with E-state index in [0.717, 1.165) is 31.5 Å². The first-order valence-corrected chi connectivity index (χ1v) is 8.62. The molecule has 1 aromatic rings. The van der Waals surface area contributed by atoms with E-state index in [1.165, 1.54) is 6.26 Å². The van der Waals surface area contributed by atoms with Crippen molar-refractivity contribution in [2.24, 2.45) is 5.73 Å². The van der Waals surface area contributed by atoms with E-state index in [4.69, 9.17) is 5.73 Å². The lowest BCUT2D eigenvalue weighted by atomic mass is 9.98. The molecule has 5 nitrogen and oxygen atoms in total. The van der Waals surface area contributed by atoms with E-state index in [-0.39, 0.29) is 11.9 Å². The van der Waals surface area contributed by atoms with Crippen molar-refractivity contribution in [2.75, 3.05) is 17.7 Å². The molecule has 1 atom stereocenters. The smallest absolute Gasteiger partial charge is 0.219 e. The summed E-state index contributed by atoms with van der Waals surface area (Å²) in [5.74, 6) is -0.297. The van der Waals surface area contributed by atoms with Crippen LogP contribution in [0.2, 0.25) is 0 Å². The molecule has 2 rings (SSSR count). The molecule has 0 radical (unpaired) electrons. The van der Waals surface area contributed by atoms with Crippen molar-refractivity contribution in [3.8, 4) is 0 Å². The molecule has 0 saturated carbocycles. The minimum absolute atomic E-state index is 0.116. The maximum Gasteiger partial charge on any atom is 0.219 e. The van der Waals surface area contributed by atoms with Crippen molar-refractivity contribution in [3.05, 3.63) is 24.3 Å². The summed E-state index contributed by atoms with van der Waals surface area (Å²) in [5, 5.41) is 0. The predicted octanol–water partition coefficient (Wildman–Crippen LogP) is 1.32. The fourth-order valence-electron chi connectivity index (χ4n) is 2.67. The van der Waals surface area contributed by atoms with Gasteiger partial charge in [-0.25, -0.2) is 8.42 Å². The Kier molecular flexibility index (Phi) is 4.32. The number of piperidine rings is 1. The van der Waals surface area contributed by atoms with Crippen molar-refractivity contribution in [1.29, 1.82) is 0 Å². The number of nitrogens with two attached hydrogens (primary N) is 1. The van der Waals surface area contributed by atoms with Crippen LogP contribution in [0.4, 0.5) is 5.69 Å². The van der Waals surface area contributed by atoms with E-state index in [1.54, 1.807) is 24.3 Å². The highest BCUT2D eigenvalue weighted by Crippen LogP contribution is 2.27. The van der Waals surface area contributed by atoms with Gasteiger partial charge in [-0.2, -0.15) is 0 Å². The fraction of sp³-hybridized carbons (Fsp3) is 0.500. The SMILES string of the molecule is CS(=O)(=O)c1ccc(N2CCCCC2CC(N)=O)cc1. The minimum atomic E-state index is -3.18. The van der Waals surface area contributed by atoms with Gasteiger partial charge in [0.2, 0.25) is 5.91 Å². The monoisotopic (exact) mass is 296 g/mol. The van der Waals surface area contributed by atoms with Gasteiger partial charge < -0.3 is 10.6 Å². The standard InChI is InChI=1S/C14H20N2O3S/c1-20(18,19)13-7-5-11(6-8-13)16-9-3-2-4-12(16)10-14(15)17/h5-8,12H,2-4,9-10H2,1H3,(H2,15,17). The van der Waals surface area contributed by atoms with Gasteiger partial charge in [0, 0.05) is 31.0 Å². The zero-order valence-corrected chi connectivity index (χ0v) is 12.4. The Morgan fingerprint density at radius 1 is 1.30 bits per heavy atom. The van der Waals surface area contributed by atoms with Gasteiger partial charge >= 0.3 is 0 Å². The molecule has 20 heavy (non-hydrogen) atoms. The molecule has 0 aromatic heterocycles. The predicted molar refractivity (Wildman–Crippen MR) is 78.3 cm³/mol. The van der Waals surface area contributed by atoms with E-state index in [2.05, 4.69) is 4.90 Å². The van der Waals surface area contributed by atoms with Gasteiger partial charge in [-0.05, 0) is 43.5 Å². The molecule has 1 unspecified atom stereocenters. The second kappa shape index (κ2) is 5.83. The van der Waals surface area contributed by atoms with Crippen LogP contribution in [-0.4, -0.2) is 33.2 Å². The molecule has 6 heteroatoms. The molecule has 110 valence electrons. The second-order valence-corrected chi connectivity index (χ2v) is 7.30. The Hall–Kier alpha value is -1.56. The van der Waals surface area contributed by atoms with Crippen LogP contribution < -0.4 is 10.6 Å². The van der Waals surface area contributed by atoms with Crippen LogP contribution in [0.25, 0.3) is 0 Å². The average Bonchev–Trinajstić information content (AvgIpc) is 2.38. The normalized spacial score (nSPS) is 19.9. The third kappa shape index (κ3) is 3.50. The van der Waals surface area contributed by atoms with E-state index in [0.29, 0.717) is 11.3 Å². The molecule has 1 aliphatic rings. The van der Waals surface area contributed by atoms with Crippen molar-refractivity contribution in [1.82, 2.24) is 0 Å². The van der Waals surface area contributed by atoms with E-state index in [9.17, 15) is 13.2 Å². The van der Waals surface area contributed by atoms with Crippen LogP contribution in [0.5, 0.6) is 0 Å². The molecule has 1 fully saturated rings. The maximum atomic E-state index is 11.5. The first-order valence-electron chi connectivity index (χ1n) is 6.73. The summed E-state index contributed by atoms with van der Waals surface area (Å²) in [4.78, 5) is 13.6. The summed E-state index contributed by atoms with van der Waals surface area (Å²) in [6.45, 7) is 0.871. The van der Waals surface area contributed by atoms with Crippen LogP contribution in [0.15, 0.2) is 29.2 Å². The summed E-state index contributed by atoms with van der Waals surface area (Å²) in [6, 6.07) is 6.94. The number of hydrogen-bond acceptors (Lipinski definition) is 4. The van der Waals surface area contributed by atoms with Gasteiger partial charge in [0.15, 0.2) is 9.84 Å². The molecule has 1 aliphatic heterocycles. The van der Waals surface area contributed by atoms with Gasteiger partial charge in [-0.1, -0.05) is 0 Å². The molecular weight excluding hydrogens is 276 g/mol. The number of rotatable bonds is 4. The molecule has 0 bridgehead atoms. The summed E-state index contributed by atoms with van der Waals surface area (Å²) >= 11 is 0. The Balaban J connectivity index is 2.22. The first-order chi connectivity index (χ1) is 9.38. The number of anilines is 1. The number of benzene rings is 1. The van der Waals surface area contributed by atoms with Crippen LogP contribution in [0.1, 0.15) is 25.7 Å². The Labute approximate surface area is 119 Å². The van der Waals surface area contributed by atoms with Gasteiger partial charge in [0.05, 0.1) is 4.90 Å². The van der Waals surface area contributed by atoms with Crippen molar-refractivity contribution >= 4 is 21.4 Å². The fourth-order valence-corrected chi connectivity index (χ4v) is 3.30. The molecule has 2 N–H and O–H groups in total. The molecule has 0 aliphatic carbocycles. The second-order valence-electron chi connectivity index (χ2n) is 5.28. The summed E-state index contributed by atoms with van der Waals surface area (Å²) in [6.07, 6.45) is 4.64. The quantitative estimate of drug-likeness (QED) is 0.908. The largest absolute Gasteiger partial charge is 0.370 e. The summed E-state index contributed by atoms with van der Waals surface area (Å²) in [5.41, 5.74) is 6.25. The van der Waals surface area contributed by atoms with Crippen LogP contribution in [-0.2, 0) is 14.6 Å². The third-order valence-corrected chi connectivity index (χ3v) is 4.79. The zero-order chi connectivity index (χ0) is 14.8. The number of hydrogen-bond donors (Lipinski definition) is 1. The maximum absolute atomic E-state index is 11.5. The summed E-state index contributed by atoms with van der Waals surface area (Å²) < 4.78 is 22.9. The molecular formula is C14H20N2O3S. The van der Waals surface area contributed by atoms with E-state index >= 15 is 0 Å². The Bertz CT molecular complexity index is 581. The number of amides is 1. The Morgan fingerprint density at radius 2 is 1.95 bits per heavy atom. The number of primary amides is 1. The lowest BCUT2D eigenvalue weighted by molar-refractivity contribution is -0.118.